The molecule has 3 atom stereocenters. The van der Waals surface area contributed by atoms with E-state index in [-0.39, 0.29) is 18.1 Å². The predicted molar refractivity (Wildman–Crippen MR) is 92.1 cm³/mol. The smallest absolute Gasteiger partial charge is 0.335 e. The lowest BCUT2D eigenvalue weighted by Crippen LogP contribution is -2.51. The quantitative estimate of drug-likeness (QED) is 0.762. The van der Waals surface area contributed by atoms with Crippen LogP contribution in [-0.4, -0.2) is 47.1 Å². The number of carbonyl (C=O) groups excluding carboxylic acids is 1. The molecule has 1 heterocycles. The highest BCUT2D eigenvalue weighted by molar-refractivity contribution is 5.87. The molecule has 1 aromatic carbocycles. The Bertz CT molecular complexity index is 619. The Morgan fingerprint density at radius 2 is 1.96 bits per heavy atom. The molecule has 0 bridgehead atoms. The van der Waals surface area contributed by atoms with Crippen molar-refractivity contribution in [3.8, 4) is 0 Å². The van der Waals surface area contributed by atoms with Crippen molar-refractivity contribution in [3.63, 3.8) is 0 Å². The summed E-state index contributed by atoms with van der Waals surface area (Å²) < 4.78 is 11.6. The number of carbonyl (C=O) groups is 2. The Kier molecular flexibility index (Phi) is 5.82. The molecule has 0 radical (unpaired) electrons. The van der Waals surface area contributed by atoms with Gasteiger partial charge in [0.1, 0.15) is 6.10 Å². The summed E-state index contributed by atoms with van der Waals surface area (Å²) in [6.45, 7) is 6.14. The number of nitrogens with two attached hydrogens (primary N) is 1. The van der Waals surface area contributed by atoms with Gasteiger partial charge in [0.15, 0.2) is 11.4 Å². The van der Waals surface area contributed by atoms with Gasteiger partial charge < -0.3 is 25.6 Å². The fourth-order valence-electron chi connectivity index (χ4n) is 3.30. The van der Waals surface area contributed by atoms with E-state index in [1.54, 1.807) is 30.3 Å². The van der Waals surface area contributed by atoms with Gasteiger partial charge in [-0.05, 0) is 39.3 Å². The topological polar surface area (TPSA) is 111 Å². The lowest BCUT2D eigenvalue weighted by Gasteiger charge is -2.27. The van der Waals surface area contributed by atoms with E-state index in [1.165, 1.54) is 0 Å². The number of hydrogen-bond acceptors (Lipinski definition) is 5. The van der Waals surface area contributed by atoms with Gasteiger partial charge in [0.2, 0.25) is 0 Å². The van der Waals surface area contributed by atoms with E-state index in [9.17, 15) is 9.59 Å². The molecule has 1 aliphatic heterocycles. The molecule has 4 N–H and O–H groups in total. The zero-order valence-electron chi connectivity index (χ0n) is 14.8. The number of likely N-dealkylation sites (N-methyl/N-ethyl adjacent to an activating group) is 1. The van der Waals surface area contributed by atoms with Gasteiger partial charge in [-0.25, -0.2) is 4.79 Å². The summed E-state index contributed by atoms with van der Waals surface area (Å²) >= 11 is 0. The molecule has 138 valence electrons. The number of nitrogens with one attached hydrogen (secondary N) is 1. The molecule has 7 heteroatoms. The number of amides is 1. The van der Waals surface area contributed by atoms with Crippen molar-refractivity contribution in [3.05, 3.63) is 35.9 Å². The standard InChI is InChI=1S/C11H20N2O3.C7H6O2/c1-4-13-9(14)11-6-7(12)5-8(11)15-10(2,3)16-11;8-7(9)6-4-2-1-3-5-6/h7-8H,4-6,12H2,1-3H3,(H,13,14);1-5H,(H,8,9)/t7-,8-,11+;/m1./s1. The van der Waals surface area contributed by atoms with Crippen molar-refractivity contribution < 1.29 is 24.2 Å². The molecule has 0 spiro atoms. The summed E-state index contributed by atoms with van der Waals surface area (Å²) in [5.74, 6) is -1.68. The molecule has 0 aromatic heterocycles. The number of fused-ring (bicyclic) bond motifs is 1. The minimum absolute atomic E-state index is 0.0243. The predicted octanol–water partition coefficient (Wildman–Crippen LogP) is 1.52. The molecule has 1 saturated heterocycles. The molecule has 1 aliphatic carbocycles. The highest BCUT2D eigenvalue weighted by atomic mass is 16.8. The van der Waals surface area contributed by atoms with Crippen molar-refractivity contribution in [2.75, 3.05) is 6.54 Å². The summed E-state index contributed by atoms with van der Waals surface area (Å²) in [6, 6.07) is 8.27. The Morgan fingerprint density at radius 1 is 1.32 bits per heavy atom. The van der Waals surface area contributed by atoms with E-state index in [4.69, 9.17) is 20.3 Å². The van der Waals surface area contributed by atoms with Gasteiger partial charge in [-0.3, -0.25) is 4.79 Å². The number of carboxylic acids is 1. The maximum atomic E-state index is 12.1. The van der Waals surface area contributed by atoms with E-state index in [0.29, 0.717) is 24.9 Å². The molecule has 2 aliphatic rings. The van der Waals surface area contributed by atoms with E-state index < -0.39 is 17.4 Å². The second-order valence-corrected chi connectivity index (χ2v) is 6.73. The summed E-state index contributed by atoms with van der Waals surface area (Å²) in [6.07, 6.45) is 0.997. The minimum Gasteiger partial charge on any atom is -0.478 e. The number of rotatable bonds is 3. The Labute approximate surface area is 147 Å². The molecule has 2 fully saturated rings. The van der Waals surface area contributed by atoms with Crippen LogP contribution < -0.4 is 11.1 Å². The first-order valence-electron chi connectivity index (χ1n) is 8.40. The summed E-state index contributed by atoms with van der Waals surface area (Å²) in [5, 5.41) is 11.2. The number of hydrogen-bond donors (Lipinski definition) is 3. The van der Waals surface area contributed by atoms with E-state index in [1.807, 2.05) is 20.8 Å². The van der Waals surface area contributed by atoms with Gasteiger partial charge >= 0.3 is 5.97 Å². The third-order valence-corrected chi connectivity index (χ3v) is 4.20. The largest absolute Gasteiger partial charge is 0.478 e. The van der Waals surface area contributed by atoms with Gasteiger partial charge in [0.25, 0.3) is 5.91 Å². The molecular formula is C18H26N2O5. The number of benzene rings is 1. The Morgan fingerprint density at radius 3 is 2.48 bits per heavy atom. The molecule has 25 heavy (non-hydrogen) atoms. The fourth-order valence-corrected chi connectivity index (χ4v) is 3.30. The second-order valence-electron chi connectivity index (χ2n) is 6.73. The zero-order valence-corrected chi connectivity index (χ0v) is 14.8. The average molecular weight is 350 g/mol. The monoisotopic (exact) mass is 350 g/mol. The van der Waals surface area contributed by atoms with Gasteiger partial charge in [0, 0.05) is 19.0 Å². The van der Waals surface area contributed by atoms with Gasteiger partial charge in [0.05, 0.1) is 5.56 Å². The van der Waals surface area contributed by atoms with Crippen LogP contribution in [0.5, 0.6) is 0 Å². The van der Waals surface area contributed by atoms with E-state index in [0.717, 1.165) is 0 Å². The summed E-state index contributed by atoms with van der Waals surface area (Å²) in [5.41, 5.74) is 5.35. The van der Waals surface area contributed by atoms with Crippen molar-refractivity contribution in [2.24, 2.45) is 5.73 Å². The minimum atomic E-state index is -0.879. The lowest BCUT2D eigenvalue weighted by atomic mass is 9.98. The lowest BCUT2D eigenvalue weighted by molar-refractivity contribution is -0.177. The molecule has 1 saturated carbocycles. The zero-order chi connectivity index (χ0) is 18.7. The number of carboxylic acid groups (broad SMARTS) is 1. The van der Waals surface area contributed by atoms with E-state index in [2.05, 4.69) is 5.32 Å². The van der Waals surface area contributed by atoms with Crippen LogP contribution in [0.4, 0.5) is 0 Å². The molecule has 7 nitrogen and oxygen atoms in total. The first kappa shape index (κ1) is 19.4. The van der Waals surface area contributed by atoms with Crippen LogP contribution in [0, 0.1) is 0 Å². The van der Waals surface area contributed by atoms with Gasteiger partial charge in [-0.2, -0.15) is 0 Å². The first-order chi connectivity index (χ1) is 11.7. The molecule has 0 unspecified atom stereocenters. The Hall–Kier alpha value is -1.96. The summed E-state index contributed by atoms with van der Waals surface area (Å²) in [4.78, 5) is 22.3. The maximum Gasteiger partial charge on any atom is 0.335 e. The van der Waals surface area contributed by atoms with Gasteiger partial charge in [-0.1, -0.05) is 18.2 Å². The third-order valence-electron chi connectivity index (χ3n) is 4.20. The molecule has 1 amide bonds. The normalized spacial score (nSPS) is 29.3. The first-order valence-corrected chi connectivity index (χ1v) is 8.40. The van der Waals surface area contributed by atoms with E-state index >= 15 is 0 Å². The highest BCUT2D eigenvalue weighted by Crippen LogP contribution is 2.46. The molecule has 1 aromatic rings. The van der Waals surface area contributed by atoms with Gasteiger partial charge in [-0.15, -0.1) is 0 Å². The van der Waals surface area contributed by atoms with Crippen molar-refractivity contribution in [1.82, 2.24) is 5.32 Å². The highest BCUT2D eigenvalue weighted by Gasteiger charge is 2.62. The van der Waals surface area contributed by atoms with Crippen LogP contribution in [-0.2, 0) is 14.3 Å². The van der Waals surface area contributed by atoms with Crippen LogP contribution in [0.3, 0.4) is 0 Å². The van der Waals surface area contributed by atoms with Crippen LogP contribution in [0.1, 0.15) is 44.0 Å². The number of ether oxygens (including phenoxy) is 2. The van der Waals surface area contributed by atoms with Crippen LogP contribution >= 0.6 is 0 Å². The van der Waals surface area contributed by atoms with Crippen molar-refractivity contribution in [2.45, 2.75) is 57.1 Å². The van der Waals surface area contributed by atoms with Crippen molar-refractivity contribution >= 4 is 11.9 Å². The van der Waals surface area contributed by atoms with Crippen LogP contribution in [0.15, 0.2) is 30.3 Å². The average Bonchev–Trinajstić information content (AvgIpc) is 2.96. The second kappa shape index (κ2) is 7.51. The molecule has 3 rings (SSSR count). The fraction of sp³-hybridized carbons (Fsp3) is 0.556. The SMILES string of the molecule is CCNC(=O)[C@]12C[C@H](N)C[C@H]1OC(C)(C)O2.O=C(O)c1ccccc1. The molecular weight excluding hydrogens is 324 g/mol. The van der Waals surface area contributed by atoms with Crippen molar-refractivity contribution in [1.29, 1.82) is 0 Å². The van der Waals surface area contributed by atoms with Crippen LogP contribution in [0.25, 0.3) is 0 Å². The number of aromatic carboxylic acids is 1. The van der Waals surface area contributed by atoms with Crippen LogP contribution in [0.2, 0.25) is 0 Å². The maximum absolute atomic E-state index is 12.1. The third kappa shape index (κ3) is 4.36. The Balaban J connectivity index is 0.000000212. The summed E-state index contributed by atoms with van der Waals surface area (Å²) in [7, 11) is 0.